The number of primary amides is 1. The predicted octanol–water partition coefficient (Wildman–Crippen LogP) is -0.529. The first-order valence-corrected chi connectivity index (χ1v) is 3.28. The molecule has 1 aliphatic rings. The quantitative estimate of drug-likeness (QED) is 0.525. The Morgan fingerprint density at radius 2 is 2.56 bits per heavy atom. The third kappa shape index (κ3) is 2.01. The molecule has 1 saturated heterocycles. The molecular weight excluding hydrogens is 116 g/mol. The van der Waals surface area contributed by atoms with E-state index in [2.05, 4.69) is 5.32 Å². The van der Waals surface area contributed by atoms with E-state index in [9.17, 15) is 4.79 Å². The van der Waals surface area contributed by atoms with Gasteiger partial charge in [-0.25, -0.2) is 0 Å². The van der Waals surface area contributed by atoms with Crippen LogP contribution in [0.25, 0.3) is 0 Å². The zero-order valence-electron chi connectivity index (χ0n) is 5.39. The van der Waals surface area contributed by atoms with Crippen molar-refractivity contribution in [2.24, 2.45) is 11.7 Å². The van der Waals surface area contributed by atoms with Crippen molar-refractivity contribution in [3.8, 4) is 0 Å². The van der Waals surface area contributed by atoms with Gasteiger partial charge in [-0.3, -0.25) is 4.79 Å². The first kappa shape index (κ1) is 6.55. The van der Waals surface area contributed by atoms with Crippen LogP contribution in [-0.4, -0.2) is 19.0 Å². The zero-order valence-corrected chi connectivity index (χ0v) is 5.39. The van der Waals surface area contributed by atoms with Crippen molar-refractivity contribution in [1.82, 2.24) is 5.32 Å². The molecule has 52 valence electrons. The molecule has 3 nitrogen and oxygen atoms in total. The van der Waals surface area contributed by atoms with Gasteiger partial charge < -0.3 is 11.1 Å². The molecule has 0 unspecified atom stereocenters. The number of nitrogens with two attached hydrogens (primary N) is 1. The molecule has 0 radical (unpaired) electrons. The standard InChI is InChI=1S/C6H12N2O/c7-6(9)3-5-1-2-8-4-5/h5,8H,1-4H2,(H2,7,9)/t5-/m0/s1. The smallest absolute Gasteiger partial charge is 0.217 e. The Hall–Kier alpha value is -0.570. The van der Waals surface area contributed by atoms with Gasteiger partial charge in [0.2, 0.25) is 5.91 Å². The number of nitrogens with one attached hydrogen (secondary N) is 1. The minimum atomic E-state index is -0.177. The normalized spacial score (nSPS) is 26.4. The zero-order chi connectivity index (χ0) is 6.69. The van der Waals surface area contributed by atoms with Gasteiger partial charge in [0.25, 0.3) is 0 Å². The van der Waals surface area contributed by atoms with Gasteiger partial charge >= 0.3 is 0 Å². The molecule has 1 atom stereocenters. The molecule has 0 aromatic heterocycles. The van der Waals surface area contributed by atoms with Crippen LogP contribution in [0.1, 0.15) is 12.8 Å². The number of carbonyl (C=O) groups is 1. The van der Waals surface area contributed by atoms with Crippen molar-refractivity contribution in [2.45, 2.75) is 12.8 Å². The lowest BCUT2D eigenvalue weighted by Gasteiger charge is -2.01. The van der Waals surface area contributed by atoms with Crippen LogP contribution >= 0.6 is 0 Å². The van der Waals surface area contributed by atoms with Crippen LogP contribution < -0.4 is 11.1 Å². The van der Waals surface area contributed by atoms with Crippen LogP contribution in [0.4, 0.5) is 0 Å². The largest absolute Gasteiger partial charge is 0.370 e. The number of hydrogen-bond acceptors (Lipinski definition) is 2. The van der Waals surface area contributed by atoms with Crippen molar-refractivity contribution in [2.75, 3.05) is 13.1 Å². The van der Waals surface area contributed by atoms with E-state index in [1.54, 1.807) is 0 Å². The molecule has 1 fully saturated rings. The molecule has 0 aromatic carbocycles. The molecular formula is C6H12N2O. The lowest BCUT2D eigenvalue weighted by atomic mass is 10.1. The highest BCUT2D eigenvalue weighted by atomic mass is 16.1. The fourth-order valence-electron chi connectivity index (χ4n) is 1.17. The van der Waals surface area contributed by atoms with Gasteiger partial charge in [-0.15, -0.1) is 0 Å². The van der Waals surface area contributed by atoms with Crippen molar-refractivity contribution in [1.29, 1.82) is 0 Å². The van der Waals surface area contributed by atoms with E-state index in [0.717, 1.165) is 19.5 Å². The average molecular weight is 128 g/mol. The predicted molar refractivity (Wildman–Crippen MR) is 34.8 cm³/mol. The Balaban J connectivity index is 2.19. The summed E-state index contributed by atoms with van der Waals surface area (Å²) in [6, 6.07) is 0. The van der Waals surface area contributed by atoms with Gasteiger partial charge in [0.15, 0.2) is 0 Å². The van der Waals surface area contributed by atoms with Gasteiger partial charge in [-0.2, -0.15) is 0 Å². The van der Waals surface area contributed by atoms with Crippen molar-refractivity contribution >= 4 is 5.91 Å². The van der Waals surface area contributed by atoms with E-state index in [-0.39, 0.29) is 5.91 Å². The molecule has 0 bridgehead atoms. The molecule has 1 rings (SSSR count). The van der Waals surface area contributed by atoms with Crippen molar-refractivity contribution in [3.05, 3.63) is 0 Å². The maximum Gasteiger partial charge on any atom is 0.217 e. The summed E-state index contributed by atoms with van der Waals surface area (Å²) in [5, 5.41) is 3.17. The van der Waals surface area contributed by atoms with Crippen LogP contribution in [0.15, 0.2) is 0 Å². The summed E-state index contributed by atoms with van der Waals surface area (Å²) in [6.07, 6.45) is 1.65. The highest BCUT2D eigenvalue weighted by molar-refractivity contribution is 5.74. The molecule has 1 heterocycles. The summed E-state index contributed by atoms with van der Waals surface area (Å²) in [5.74, 6) is 0.325. The van der Waals surface area contributed by atoms with Crippen LogP contribution in [0.3, 0.4) is 0 Å². The third-order valence-electron chi connectivity index (χ3n) is 1.65. The van der Waals surface area contributed by atoms with Crippen LogP contribution in [0.5, 0.6) is 0 Å². The topological polar surface area (TPSA) is 55.1 Å². The number of rotatable bonds is 2. The molecule has 1 aliphatic heterocycles. The molecule has 1 amide bonds. The fourth-order valence-corrected chi connectivity index (χ4v) is 1.17. The minimum absolute atomic E-state index is 0.177. The Bertz CT molecular complexity index is 108. The number of carbonyl (C=O) groups excluding carboxylic acids is 1. The van der Waals surface area contributed by atoms with E-state index in [1.165, 1.54) is 0 Å². The van der Waals surface area contributed by atoms with Gasteiger partial charge in [0.05, 0.1) is 0 Å². The molecule has 3 heteroatoms. The Labute approximate surface area is 54.6 Å². The molecule has 0 aromatic rings. The van der Waals surface area contributed by atoms with Gasteiger partial charge in [-0.1, -0.05) is 0 Å². The van der Waals surface area contributed by atoms with Crippen molar-refractivity contribution < 1.29 is 4.79 Å². The van der Waals surface area contributed by atoms with E-state index < -0.39 is 0 Å². The second-order valence-electron chi connectivity index (χ2n) is 2.53. The molecule has 9 heavy (non-hydrogen) atoms. The minimum Gasteiger partial charge on any atom is -0.370 e. The van der Waals surface area contributed by atoms with Gasteiger partial charge in [0, 0.05) is 6.42 Å². The lowest BCUT2D eigenvalue weighted by Crippen LogP contribution is -2.18. The monoisotopic (exact) mass is 128 g/mol. The summed E-state index contributed by atoms with van der Waals surface area (Å²) in [4.78, 5) is 10.3. The Kier molecular flexibility index (Phi) is 2.05. The SMILES string of the molecule is NC(=O)C[C@@H]1CCNC1. The Morgan fingerprint density at radius 3 is 3.00 bits per heavy atom. The molecule has 0 aliphatic carbocycles. The van der Waals surface area contributed by atoms with E-state index in [1.807, 2.05) is 0 Å². The first-order chi connectivity index (χ1) is 4.29. The van der Waals surface area contributed by atoms with E-state index in [0.29, 0.717) is 12.3 Å². The average Bonchev–Trinajstić information content (AvgIpc) is 2.15. The summed E-state index contributed by atoms with van der Waals surface area (Å²) < 4.78 is 0. The van der Waals surface area contributed by atoms with Crippen LogP contribution in [0.2, 0.25) is 0 Å². The van der Waals surface area contributed by atoms with Crippen LogP contribution in [0, 0.1) is 5.92 Å². The molecule has 3 N–H and O–H groups in total. The second kappa shape index (κ2) is 2.82. The highest BCUT2D eigenvalue weighted by Gasteiger charge is 2.15. The summed E-state index contributed by atoms with van der Waals surface area (Å²) in [6.45, 7) is 2.00. The maximum atomic E-state index is 10.3. The lowest BCUT2D eigenvalue weighted by molar-refractivity contribution is -0.118. The maximum absolute atomic E-state index is 10.3. The van der Waals surface area contributed by atoms with E-state index >= 15 is 0 Å². The fraction of sp³-hybridized carbons (Fsp3) is 0.833. The van der Waals surface area contributed by atoms with Crippen molar-refractivity contribution in [3.63, 3.8) is 0 Å². The second-order valence-corrected chi connectivity index (χ2v) is 2.53. The summed E-state index contributed by atoms with van der Waals surface area (Å²) in [5.41, 5.74) is 5.01. The Morgan fingerprint density at radius 1 is 1.78 bits per heavy atom. The third-order valence-corrected chi connectivity index (χ3v) is 1.65. The molecule has 0 spiro atoms. The van der Waals surface area contributed by atoms with E-state index in [4.69, 9.17) is 5.73 Å². The van der Waals surface area contributed by atoms with Crippen LogP contribution in [-0.2, 0) is 4.79 Å². The number of amides is 1. The summed E-state index contributed by atoms with van der Waals surface area (Å²) in [7, 11) is 0. The van der Waals surface area contributed by atoms with Gasteiger partial charge in [0.1, 0.15) is 0 Å². The first-order valence-electron chi connectivity index (χ1n) is 3.28. The number of hydrogen-bond donors (Lipinski definition) is 2. The summed E-state index contributed by atoms with van der Waals surface area (Å²) >= 11 is 0. The highest BCUT2D eigenvalue weighted by Crippen LogP contribution is 2.10. The van der Waals surface area contributed by atoms with Gasteiger partial charge in [-0.05, 0) is 25.4 Å². The molecule has 0 saturated carbocycles.